The molecule has 0 aliphatic carbocycles. The van der Waals surface area contributed by atoms with E-state index < -0.39 is 18.9 Å². The molecule has 0 rings (SSSR count). The first-order valence-corrected chi connectivity index (χ1v) is 1.19. The molecule has 0 aromatic carbocycles. The summed E-state index contributed by atoms with van der Waals surface area (Å²) in [5.41, 5.74) is 0. The highest BCUT2D eigenvalue weighted by Crippen LogP contribution is 1.73. The number of hydrogen-bond donors (Lipinski definition) is 2. The Morgan fingerprint density at radius 1 is 2.33 bits per heavy atom. The molecule has 0 heterocycles. The summed E-state index contributed by atoms with van der Waals surface area (Å²) < 4.78 is 19.1. The second-order valence-corrected chi connectivity index (χ2v) is 0.690. The van der Waals surface area contributed by atoms with E-state index >= 15 is 0 Å². The number of carboxylic acids is 1. The van der Waals surface area contributed by atoms with Gasteiger partial charge >= 0.3 is 5.97 Å². The van der Waals surface area contributed by atoms with E-state index in [1.54, 1.807) is 0 Å². The summed E-state index contributed by atoms with van der Waals surface area (Å²) in [7, 11) is 0. The van der Waals surface area contributed by atoms with Crippen LogP contribution in [0.3, 0.4) is 0 Å². The number of rotatable bonds is 1. The molecule has 0 unspecified atom stereocenters. The monoisotopic (exact) mass is 93.1 g/mol. The van der Waals surface area contributed by atoms with Gasteiger partial charge in [0, 0.05) is 2.74 Å². The van der Waals surface area contributed by atoms with E-state index in [4.69, 9.17) is 14.3 Å². The predicted octanol–water partition coefficient (Wildman–Crippen LogP) is -0.548. The van der Waals surface area contributed by atoms with Crippen LogP contribution in [0.2, 0.25) is 0 Å². The minimum Gasteiger partial charge on any atom is -0.479 e. The lowest BCUT2D eigenvalue weighted by atomic mass is 10.4. The Bertz CT molecular complexity index is 121. The SMILES string of the molecule is [2H]C([2H])[C@]([2H])(O)C(=O)O. The summed E-state index contributed by atoms with van der Waals surface area (Å²) >= 11 is 0. The van der Waals surface area contributed by atoms with Gasteiger partial charge in [0.25, 0.3) is 0 Å². The zero-order valence-electron chi connectivity index (χ0n) is 5.88. The van der Waals surface area contributed by atoms with Gasteiger partial charge in [0.15, 0.2) is 0 Å². The molecule has 0 aromatic rings. The molecule has 1 atom stereocenters. The van der Waals surface area contributed by atoms with Crippen molar-refractivity contribution in [1.29, 1.82) is 0 Å². The second-order valence-electron chi connectivity index (χ2n) is 0.690. The third-order valence-electron chi connectivity index (χ3n) is 0.219. The normalized spacial score (nSPS) is 26.7. The van der Waals surface area contributed by atoms with Gasteiger partial charge in [-0.15, -0.1) is 0 Å². The van der Waals surface area contributed by atoms with Gasteiger partial charge in [0.2, 0.25) is 0 Å². The third kappa shape index (κ3) is 1.72. The van der Waals surface area contributed by atoms with Crippen LogP contribution in [0.5, 0.6) is 0 Å². The predicted molar refractivity (Wildman–Crippen MR) is 19.3 cm³/mol. The smallest absolute Gasteiger partial charge is 0.332 e. The zero-order valence-corrected chi connectivity index (χ0v) is 2.88. The van der Waals surface area contributed by atoms with E-state index in [1.807, 2.05) is 0 Å². The van der Waals surface area contributed by atoms with Gasteiger partial charge in [-0.25, -0.2) is 4.79 Å². The summed E-state index contributed by atoms with van der Waals surface area (Å²) in [6.45, 7) is -2.09. The average Bonchev–Trinajstić information content (AvgIpc) is 1.65. The van der Waals surface area contributed by atoms with Crippen molar-refractivity contribution in [3.63, 3.8) is 0 Å². The summed E-state index contributed by atoms with van der Waals surface area (Å²) in [6, 6.07) is 0. The van der Waals surface area contributed by atoms with Gasteiger partial charge in [-0.3, -0.25) is 0 Å². The molecule has 0 aliphatic heterocycles. The summed E-state index contributed by atoms with van der Waals surface area (Å²) in [6.07, 6.45) is -3.00. The molecular weight excluding hydrogens is 84.0 g/mol. The van der Waals surface area contributed by atoms with E-state index in [9.17, 15) is 4.79 Å². The van der Waals surface area contributed by atoms with E-state index in [0.717, 1.165) is 0 Å². The maximum absolute atomic E-state index is 9.78. The summed E-state index contributed by atoms with van der Waals surface area (Å²) in [5, 5.41) is 16.3. The number of aliphatic carboxylic acids is 1. The number of hydrogen-bond acceptors (Lipinski definition) is 2. The van der Waals surface area contributed by atoms with Gasteiger partial charge in [-0.05, 0) is 6.88 Å². The van der Waals surface area contributed by atoms with Crippen LogP contribution in [0, 0.1) is 0 Å². The van der Waals surface area contributed by atoms with E-state index in [-0.39, 0.29) is 0 Å². The molecule has 0 bridgehead atoms. The Balaban J connectivity index is 4.19. The third-order valence-corrected chi connectivity index (χ3v) is 0.219. The fourth-order valence-electron chi connectivity index (χ4n) is 0. The Morgan fingerprint density at radius 3 is 2.83 bits per heavy atom. The Kier molecular flexibility index (Phi) is 0.569. The standard InChI is InChI=1S/C3H6O3/c1-2(4)3(5)6/h2,4H,1H3,(H,5,6)/t2-/m0/s1/i1D2,2D. The van der Waals surface area contributed by atoms with Crippen LogP contribution in [0.4, 0.5) is 0 Å². The zero-order chi connectivity index (χ0) is 7.65. The van der Waals surface area contributed by atoms with Crippen molar-refractivity contribution < 1.29 is 19.1 Å². The molecule has 0 saturated carbocycles. The van der Waals surface area contributed by atoms with Gasteiger partial charge in [-0.1, -0.05) is 0 Å². The second kappa shape index (κ2) is 1.77. The molecule has 6 heavy (non-hydrogen) atoms. The molecule has 0 fully saturated rings. The van der Waals surface area contributed by atoms with Crippen molar-refractivity contribution in [1.82, 2.24) is 0 Å². The van der Waals surface area contributed by atoms with Gasteiger partial charge in [-0.2, -0.15) is 0 Å². The van der Waals surface area contributed by atoms with Gasteiger partial charge in [0.1, 0.15) is 6.08 Å². The molecule has 0 radical (unpaired) electrons. The maximum atomic E-state index is 9.78. The van der Waals surface area contributed by atoms with Crippen molar-refractivity contribution >= 4 is 5.97 Å². The van der Waals surface area contributed by atoms with Crippen LogP contribution in [0.25, 0.3) is 0 Å². The highest BCUT2D eigenvalue weighted by molar-refractivity contribution is 5.71. The van der Waals surface area contributed by atoms with Crippen molar-refractivity contribution in [3.8, 4) is 0 Å². The van der Waals surface area contributed by atoms with Crippen molar-refractivity contribution in [3.05, 3.63) is 0 Å². The van der Waals surface area contributed by atoms with Crippen LogP contribution in [-0.4, -0.2) is 22.3 Å². The van der Waals surface area contributed by atoms with Crippen molar-refractivity contribution in [2.75, 3.05) is 0 Å². The Morgan fingerprint density at radius 2 is 2.83 bits per heavy atom. The molecule has 0 saturated heterocycles. The minimum atomic E-state index is -3.00. The molecule has 0 spiro atoms. The largest absolute Gasteiger partial charge is 0.479 e. The fourth-order valence-corrected chi connectivity index (χ4v) is 0. The highest BCUT2D eigenvalue weighted by atomic mass is 16.4. The fraction of sp³-hybridized carbons (Fsp3) is 0.667. The molecule has 2 N–H and O–H groups in total. The molecule has 0 aromatic heterocycles. The lowest BCUT2D eigenvalue weighted by molar-refractivity contribution is -0.145. The maximum Gasteiger partial charge on any atom is 0.332 e. The first kappa shape index (κ1) is 1.93. The van der Waals surface area contributed by atoms with Crippen molar-refractivity contribution in [2.45, 2.75) is 13.0 Å². The first-order valence-electron chi connectivity index (χ1n) is 2.84. The number of carboxylic acid groups (broad SMARTS) is 1. The topological polar surface area (TPSA) is 57.5 Å². The molecule has 36 valence electrons. The lowest BCUT2D eigenvalue weighted by Crippen LogP contribution is -2.13. The number of carbonyl (C=O) groups is 1. The van der Waals surface area contributed by atoms with Gasteiger partial charge in [0.05, 0.1) is 1.37 Å². The minimum absolute atomic E-state index is 1.88. The number of aliphatic hydroxyl groups is 1. The lowest BCUT2D eigenvalue weighted by Gasteiger charge is -1.89. The van der Waals surface area contributed by atoms with Crippen LogP contribution in [-0.2, 0) is 4.79 Å². The van der Waals surface area contributed by atoms with E-state index in [2.05, 4.69) is 0 Å². The molecule has 3 nitrogen and oxygen atoms in total. The van der Waals surface area contributed by atoms with Crippen LogP contribution in [0.15, 0.2) is 0 Å². The quantitative estimate of drug-likeness (QED) is 0.457. The van der Waals surface area contributed by atoms with E-state index in [1.165, 1.54) is 0 Å². The first-order chi connectivity index (χ1) is 3.89. The Hall–Kier alpha value is -0.570. The summed E-state index contributed by atoms with van der Waals surface area (Å²) in [4.78, 5) is 9.78. The van der Waals surface area contributed by atoms with Crippen molar-refractivity contribution in [2.24, 2.45) is 0 Å². The van der Waals surface area contributed by atoms with Crippen LogP contribution < -0.4 is 0 Å². The highest BCUT2D eigenvalue weighted by Gasteiger charge is 2.01. The molecule has 0 aliphatic rings. The summed E-state index contributed by atoms with van der Waals surface area (Å²) in [5.74, 6) is -1.88. The average molecular weight is 93.1 g/mol. The van der Waals surface area contributed by atoms with Crippen LogP contribution >= 0.6 is 0 Å². The molecule has 3 heteroatoms. The van der Waals surface area contributed by atoms with Crippen LogP contribution in [0.1, 0.15) is 11.0 Å². The van der Waals surface area contributed by atoms with Gasteiger partial charge < -0.3 is 10.2 Å². The molecule has 0 amide bonds. The van der Waals surface area contributed by atoms with E-state index in [0.29, 0.717) is 0 Å². The Labute approximate surface area is 39.4 Å². The molecular formula is C3H6O3.